The van der Waals surface area contributed by atoms with Gasteiger partial charge in [0.25, 0.3) is 0 Å². The molecular weight excluding hydrogens is 428 g/mol. The number of likely N-dealkylation sites (tertiary alicyclic amines) is 1. The fourth-order valence-corrected chi connectivity index (χ4v) is 4.68. The number of aromatic nitrogens is 3. The SMILES string of the molecule is CC(C)(C1CCN(C(=O)Nc2ccc(C#N)nc2)CC1)C(O)c1cc(Cl)cc2cn[nH]c12. The van der Waals surface area contributed by atoms with E-state index in [9.17, 15) is 9.90 Å². The molecule has 1 saturated heterocycles. The number of piperidine rings is 1. The van der Waals surface area contributed by atoms with Crippen molar-refractivity contribution in [3.8, 4) is 6.07 Å². The van der Waals surface area contributed by atoms with Crippen LogP contribution in [0.3, 0.4) is 0 Å². The average Bonchev–Trinajstić information content (AvgIpc) is 3.27. The Labute approximate surface area is 191 Å². The molecule has 1 atom stereocenters. The zero-order valence-electron chi connectivity index (χ0n) is 18.0. The molecule has 1 aliphatic rings. The van der Waals surface area contributed by atoms with E-state index in [1.165, 1.54) is 6.20 Å². The summed E-state index contributed by atoms with van der Waals surface area (Å²) in [6.07, 6.45) is 3.99. The zero-order chi connectivity index (χ0) is 22.9. The largest absolute Gasteiger partial charge is 0.388 e. The number of pyridine rings is 1. The highest BCUT2D eigenvalue weighted by atomic mass is 35.5. The summed E-state index contributed by atoms with van der Waals surface area (Å²) in [6.45, 7) is 5.30. The van der Waals surface area contributed by atoms with E-state index >= 15 is 0 Å². The van der Waals surface area contributed by atoms with Gasteiger partial charge in [-0.1, -0.05) is 25.4 Å². The summed E-state index contributed by atoms with van der Waals surface area (Å²) < 4.78 is 0. The van der Waals surface area contributed by atoms with Gasteiger partial charge in [-0.2, -0.15) is 10.4 Å². The van der Waals surface area contributed by atoms with Gasteiger partial charge in [0, 0.05) is 29.1 Å². The lowest BCUT2D eigenvalue weighted by molar-refractivity contribution is -0.0138. The number of carbonyl (C=O) groups is 1. The topological polar surface area (TPSA) is 118 Å². The normalized spacial score (nSPS) is 16.0. The number of benzene rings is 1. The molecule has 1 fully saturated rings. The fourth-order valence-electron chi connectivity index (χ4n) is 4.45. The number of fused-ring (bicyclic) bond motifs is 1. The number of H-pyrrole nitrogens is 1. The zero-order valence-corrected chi connectivity index (χ0v) is 18.7. The van der Waals surface area contributed by atoms with Crippen LogP contribution in [0.15, 0.2) is 36.7 Å². The molecule has 0 saturated carbocycles. The number of hydrogen-bond donors (Lipinski definition) is 3. The third-order valence-electron chi connectivity index (χ3n) is 6.51. The Bertz CT molecular complexity index is 1160. The van der Waals surface area contributed by atoms with E-state index in [1.807, 2.05) is 12.1 Å². The first-order valence-electron chi connectivity index (χ1n) is 10.5. The van der Waals surface area contributed by atoms with Crippen molar-refractivity contribution in [2.24, 2.45) is 11.3 Å². The standard InChI is InChI=1S/C23H25ClN6O2/c1-23(2,21(31)19-10-16(24)9-14-12-27-29-20(14)19)15-5-7-30(8-6-15)22(32)28-18-4-3-17(11-25)26-13-18/h3-4,9-10,12-13,15,21,31H,5-8H2,1-2H3,(H,27,29)(H,28,32). The third kappa shape index (κ3) is 4.27. The van der Waals surface area contributed by atoms with Crippen molar-refractivity contribution >= 4 is 34.2 Å². The Morgan fingerprint density at radius 3 is 2.75 bits per heavy atom. The van der Waals surface area contributed by atoms with E-state index in [-0.39, 0.29) is 11.9 Å². The molecule has 32 heavy (non-hydrogen) atoms. The first-order chi connectivity index (χ1) is 15.3. The van der Waals surface area contributed by atoms with Crippen LogP contribution in [0.5, 0.6) is 0 Å². The Hall–Kier alpha value is -3.15. The van der Waals surface area contributed by atoms with Crippen LogP contribution < -0.4 is 5.32 Å². The van der Waals surface area contributed by atoms with Crippen LogP contribution >= 0.6 is 11.6 Å². The van der Waals surface area contributed by atoms with Crippen molar-refractivity contribution in [3.63, 3.8) is 0 Å². The second-order valence-corrected chi connectivity index (χ2v) is 9.22. The minimum Gasteiger partial charge on any atom is -0.388 e. The van der Waals surface area contributed by atoms with Crippen molar-refractivity contribution in [2.75, 3.05) is 18.4 Å². The highest BCUT2D eigenvalue weighted by Crippen LogP contribution is 2.46. The summed E-state index contributed by atoms with van der Waals surface area (Å²) in [4.78, 5) is 18.4. The quantitative estimate of drug-likeness (QED) is 0.539. The second-order valence-electron chi connectivity index (χ2n) is 8.79. The molecule has 4 rings (SSSR count). The molecule has 3 heterocycles. The van der Waals surface area contributed by atoms with Crippen molar-refractivity contribution < 1.29 is 9.90 Å². The third-order valence-corrected chi connectivity index (χ3v) is 6.73. The molecule has 1 aliphatic heterocycles. The van der Waals surface area contributed by atoms with Crippen LogP contribution in [0.25, 0.3) is 10.9 Å². The van der Waals surface area contributed by atoms with Crippen LogP contribution in [0.4, 0.5) is 10.5 Å². The van der Waals surface area contributed by atoms with Crippen LogP contribution in [-0.4, -0.2) is 44.3 Å². The van der Waals surface area contributed by atoms with Gasteiger partial charge in [0.05, 0.1) is 29.7 Å². The number of hydrogen-bond acceptors (Lipinski definition) is 5. The number of anilines is 1. The van der Waals surface area contributed by atoms with Crippen molar-refractivity contribution in [1.82, 2.24) is 20.1 Å². The Balaban J connectivity index is 1.41. The predicted molar refractivity (Wildman–Crippen MR) is 122 cm³/mol. The number of aromatic amines is 1. The van der Waals surface area contributed by atoms with Gasteiger partial charge in [-0.3, -0.25) is 5.10 Å². The number of halogens is 1. The number of carbonyl (C=O) groups excluding carboxylic acids is 1. The van der Waals surface area contributed by atoms with Crippen molar-refractivity contribution in [1.29, 1.82) is 5.26 Å². The molecule has 0 radical (unpaired) electrons. The summed E-state index contributed by atoms with van der Waals surface area (Å²) in [5.41, 5.74) is 1.96. The maximum absolute atomic E-state index is 12.6. The Morgan fingerprint density at radius 1 is 1.34 bits per heavy atom. The van der Waals surface area contributed by atoms with Crippen LogP contribution in [0, 0.1) is 22.7 Å². The molecular formula is C23H25ClN6O2. The lowest BCUT2D eigenvalue weighted by Gasteiger charge is -2.43. The van der Waals surface area contributed by atoms with Gasteiger partial charge < -0.3 is 15.3 Å². The van der Waals surface area contributed by atoms with Crippen LogP contribution in [0.2, 0.25) is 5.02 Å². The minimum absolute atomic E-state index is 0.192. The Kier molecular flexibility index (Phi) is 6.04. The molecule has 0 bridgehead atoms. The van der Waals surface area contributed by atoms with E-state index in [0.29, 0.717) is 29.5 Å². The first kappa shape index (κ1) is 22.1. The number of amides is 2. The van der Waals surface area contributed by atoms with Gasteiger partial charge in [-0.05, 0) is 48.4 Å². The van der Waals surface area contributed by atoms with Gasteiger partial charge in [-0.25, -0.2) is 9.78 Å². The molecule has 3 aromatic rings. The van der Waals surface area contributed by atoms with Gasteiger partial charge in [0.1, 0.15) is 11.8 Å². The molecule has 0 aliphatic carbocycles. The summed E-state index contributed by atoms with van der Waals surface area (Å²) in [7, 11) is 0. The molecule has 8 nitrogen and oxygen atoms in total. The summed E-state index contributed by atoms with van der Waals surface area (Å²) in [5, 5.41) is 31.5. The van der Waals surface area contributed by atoms with E-state index in [4.69, 9.17) is 16.9 Å². The number of aliphatic hydroxyl groups is 1. The second kappa shape index (κ2) is 8.77. The average molecular weight is 453 g/mol. The van der Waals surface area contributed by atoms with Crippen LogP contribution in [0.1, 0.15) is 44.1 Å². The Morgan fingerprint density at radius 2 is 2.09 bits per heavy atom. The van der Waals surface area contributed by atoms with Gasteiger partial charge >= 0.3 is 6.03 Å². The molecule has 2 amide bonds. The lowest BCUT2D eigenvalue weighted by Crippen LogP contribution is -2.45. The lowest BCUT2D eigenvalue weighted by atomic mass is 9.68. The highest BCUT2D eigenvalue weighted by molar-refractivity contribution is 6.31. The first-order valence-corrected chi connectivity index (χ1v) is 10.9. The van der Waals surface area contributed by atoms with Crippen LogP contribution in [-0.2, 0) is 0 Å². The van der Waals surface area contributed by atoms with E-state index < -0.39 is 11.5 Å². The summed E-state index contributed by atoms with van der Waals surface area (Å²) >= 11 is 6.27. The van der Waals surface area contributed by atoms with Gasteiger partial charge in [-0.15, -0.1) is 0 Å². The molecule has 0 spiro atoms. The fraction of sp³-hybridized carbons (Fsp3) is 0.391. The maximum atomic E-state index is 12.6. The van der Waals surface area contributed by atoms with E-state index in [1.54, 1.807) is 29.3 Å². The van der Waals surface area contributed by atoms with E-state index in [2.05, 4.69) is 34.3 Å². The summed E-state index contributed by atoms with van der Waals surface area (Å²) in [6, 6.07) is 8.61. The molecule has 1 unspecified atom stereocenters. The maximum Gasteiger partial charge on any atom is 0.321 e. The molecule has 1 aromatic carbocycles. The molecule has 2 aromatic heterocycles. The smallest absolute Gasteiger partial charge is 0.321 e. The van der Waals surface area contributed by atoms with Gasteiger partial charge in [0.15, 0.2) is 0 Å². The molecule has 166 valence electrons. The number of nitrogens with zero attached hydrogens (tertiary/aromatic N) is 4. The predicted octanol–water partition coefficient (Wildman–Crippen LogP) is 4.49. The van der Waals surface area contributed by atoms with Gasteiger partial charge in [0.2, 0.25) is 0 Å². The number of nitriles is 1. The number of aliphatic hydroxyl groups excluding tert-OH is 1. The number of rotatable bonds is 4. The summed E-state index contributed by atoms with van der Waals surface area (Å²) in [5.74, 6) is 0.218. The van der Waals surface area contributed by atoms with E-state index in [0.717, 1.165) is 29.3 Å². The highest BCUT2D eigenvalue weighted by Gasteiger charge is 2.40. The van der Waals surface area contributed by atoms with Crippen molar-refractivity contribution in [2.45, 2.75) is 32.8 Å². The van der Waals surface area contributed by atoms with Crippen molar-refractivity contribution in [3.05, 3.63) is 52.9 Å². The monoisotopic (exact) mass is 452 g/mol. The molecule has 3 N–H and O–H groups in total. The molecule has 9 heteroatoms. The number of nitrogens with one attached hydrogen (secondary N) is 2. The minimum atomic E-state index is -0.737. The number of urea groups is 1.